The van der Waals surface area contributed by atoms with Gasteiger partial charge in [-0.15, -0.1) is 0 Å². The lowest BCUT2D eigenvalue weighted by Crippen LogP contribution is -2.35. The van der Waals surface area contributed by atoms with Gasteiger partial charge in [-0.05, 0) is 24.6 Å². The summed E-state index contributed by atoms with van der Waals surface area (Å²) in [5.74, 6) is -0.344. The van der Waals surface area contributed by atoms with E-state index in [1.807, 2.05) is 6.92 Å². The number of primary sulfonamides is 1. The van der Waals surface area contributed by atoms with E-state index in [2.05, 4.69) is 5.32 Å². The maximum atomic E-state index is 11.6. The number of anilines is 1. The molecule has 6 nitrogen and oxygen atoms in total. The van der Waals surface area contributed by atoms with Crippen molar-refractivity contribution in [3.8, 4) is 0 Å². The summed E-state index contributed by atoms with van der Waals surface area (Å²) < 4.78 is 22.3. The fourth-order valence-corrected chi connectivity index (χ4v) is 1.99. The van der Waals surface area contributed by atoms with Gasteiger partial charge in [0.15, 0.2) is 0 Å². The molecule has 0 aliphatic rings. The standard InChI is InChI=1S/C11H17N3O3S/c1-2-4-10(12)11(15)14-8-5-3-6-9(7-8)18(13,16)17/h3,5-7,10H,2,4,12H2,1H3,(H,14,15)(H2,13,16,17)/t10-/m0/s1. The van der Waals surface area contributed by atoms with Gasteiger partial charge < -0.3 is 11.1 Å². The zero-order valence-corrected chi connectivity index (χ0v) is 10.9. The zero-order chi connectivity index (χ0) is 13.8. The Hall–Kier alpha value is -1.44. The third-order valence-corrected chi connectivity index (χ3v) is 3.28. The van der Waals surface area contributed by atoms with Crippen LogP contribution < -0.4 is 16.2 Å². The molecule has 100 valence electrons. The second-order valence-electron chi connectivity index (χ2n) is 3.96. The zero-order valence-electron chi connectivity index (χ0n) is 10.1. The number of rotatable bonds is 5. The first-order chi connectivity index (χ1) is 8.34. The van der Waals surface area contributed by atoms with Gasteiger partial charge in [0.25, 0.3) is 0 Å². The van der Waals surface area contributed by atoms with E-state index in [1.54, 1.807) is 6.07 Å². The van der Waals surface area contributed by atoms with Crippen LogP contribution >= 0.6 is 0 Å². The largest absolute Gasteiger partial charge is 0.325 e. The van der Waals surface area contributed by atoms with Crippen LogP contribution in [-0.4, -0.2) is 20.4 Å². The van der Waals surface area contributed by atoms with Crippen LogP contribution in [0.5, 0.6) is 0 Å². The Bertz CT molecular complexity index is 528. The van der Waals surface area contributed by atoms with Crippen molar-refractivity contribution in [3.63, 3.8) is 0 Å². The first kappa shape index (κ1) is 14.6. The van der Waals surface area contributed by atoms with Gasteiger partial charge >= 0.3 is 0 Å². The van der Waals surface area contributed by atoms with E-state index in [0.717, 1.165) is 6.42 Å². The van der Waals surface area contributed by atoms with Crippen molar-refractivity contribution >= 4 is 21.6 Å². The SMILES string of the molecule is CCC[C@H](N)C(=O)Nc1cccc(S(N)(=O)=O)c1. The molecule has 18 heavy (non-hydrogen) atoms. The Balaban J connectivity index is 2.83. The quantitative estimate of drug-likeness (QED) is 0.718. The maximum Gasteiger partial charge on any atom is 0.241 e. The summed E-state index contributed by atoms with van der Waals surface area (Å²) in [6.45, 7) is 1.93. The molecular weight excluding hydrogens is 254 g/mol. The number of carbonyl (C=O) groups is 1. The average Bonchev–Trinajstić information content (AvgIpc) is 2.28. The van der Waals surface area contributed by atoms with Gasteiger partial charge in [-0.2, -0.15) is 0 Å². The first-order valence-electron chi connectivity index (χ1n) is 5.54. The van der Waals surface area contributed by atoms with Gasteiger partial charge in [0, 0.05) is 5.69 Å². The van der Waals surface area contributed by atoms with Crippen molar-refractivity contribution in [1.29, 1.82) is 0 Å². The summed E-state index contributed by atoms with van der Waals surface area (Å²) in [6, 6.07) is 5.13. The van der Waals surface area contributed by atoms with Crippen molar-refractivity contribution in [1.82, 2.24) is 0 Å². The van der Waals surface area contributed by atoms with Gasteiger partial charge in [-0.1, -0.05) is 19.4 Å². The van der Waals surface area contributed by atoms with Crippen molar-refractivity contribution in [2.45, 2.75) is 30.7 Å². The number of nitrogens with one attached hydrogen (secondary N) is 1. The Kier molecular flexibility index (Phi) is 4.83. The molecule has 0 bridgehead atoms. The highest BCUT2D eigenvalue weighted by atomic mass is 32.2. The second kappa shape index (κ2) is 5.94. The lowest BCUT2D eigenvalue weighted by Gasteiger charge is -2.11. The van der Waals surface area contributed by atoms with E-state index in [4.69, 9.17) is 10.9 Å². The smallest absolute Gasteiger partial charge is 0.241 e. The number of sulfonamides is 1. The van der Waals surface area contributed by atoms with E-state index in [1.165, 1.54) is 18.2 Å². The second-order valence-corrected chi connectivity index (χ2v) is 5.52. The Morgan fingerprint density at radius 3 is 2.67 bits per heavy atom. The van der Waals surface area contributed by atoms with E-state index in [9.17, 15) is 13.2 Å². The lowest BCUT2D eigenvalue weighted by atomic mass is 10.1. The molecule has 1 aromatic carbocycles. The van der Waals surface area contributed by atoms with Crippen molar-refractivity contribution in [2.75, 3.05) is 5.32 Å². The van der Waals surface area contributed by atoms with Crippen LogP contribution in [0.3, 0.4) is 0 Å². The highest BCUT2D eigenvalue weighted by Crippen LogP contribution is 2.14. The van der Waals surface area contributed by atoms with E-state index in [0.29, 0.717) is 12.1 Å². The minimum absolute atomic E-state index is 0.0515. The summed E-state index contributed by atoms with van der Waals surface area (Å²) in [6.07, 6.45) is 1.37. The topological polar surface area (TPSA) is 115 Å². The lowest BCUT2D eigenvalue weighted by molar-refractivity contribution is -0.117. The summed E-state index contributed by atoms with van der Waals surface area (Å²) in [4.78, 5) is 11.6. The Morgan fingerprint density at radius 2 is 2.11 bits per heavy atom. The molecule has 1 aromatic rings. The van der Waals surface area contributed by atoms with Crippen LogP contribution in [0.1, 0.15) is 19.8 Å². The summed E-state index contributed by atoms with van der Waals surface area (Å²) >= 11 is 0. The minimum Gasteiger partial charge on any atom is -0.325 e. The molecule has 0 aliphatic heterocycles. The molecule has 1 rings (SSSR count). The van der Waals surface area contributed by atoms with Crippen LogP contribution in [-0.2, 0) is 14.8 Å². The van der Waals surface area contributed by atoms with Crippen molar-refractivity contribution in [2.24, 2.45) is 10.9 Å². The summed E-state index contributed by atoms with van der Waals surface area (Å²) in [5, 5.41) is 7.55. The Morgan fingerprint density at radius 1 is 1.44 bits per heavy atom. The average molecular weight is 271 g/mol. The molecule has 0 spiro atoms. The van der Waals surface area contributed by atoms with E-state index < -0.39 is 16.1 Å². The van der Waals surface area contributed by atoms with Crippen LogP contribution in [0, 0.1) is 0 Å². The molecular formula is C11H17N3O3S. The Labute approximate surface area is 106 Å². The fraction of sp³-hybridized carbons (Fsp3) is 0.364. The molecule has 1 amide bonds. The number of hydrogen-bond acceptors (Lipinski definition) is 4. The predicted octanol–water partition coefficient (Wildman–Crippen LogP) is 0.400. The molecule has 0 heterocycles. The number of amides is 1. The number of hydrogen-bond donors (Lipinski definition) is 3. The molecule has 0 radical (unpaired) electrons. The van der Waals surface area contributed by atoms with Gasteiger partial charge in [0.2, 0.25) is 15.9 Å². The highest BCUT2D eigenvalue weighted by molar-refractivity contribution is 7.89. The molecule has 0 fully saturated rings. The minimum atomic E-state index is -3.77. The van der Waals surface area contributed by atoms with Gasteiger partial charge in [0.1, 0.15) is 0 Å². The van der Waals surface area contributed by atoms with Crippen LogP contribution in [0.2, 0.25) is 0 Å². The number of nitrogens with two attached hydrogens (primary N) is 2. The molecule has 0 unspecified atom stereocenters. The third-order valence-electron chi connectivity index (χ3n) is 2.37. The number of carbonyl (C=O) groups excluding carboxylic acids is 1. The molecule has 5 N–H and O–H groups in total. The highest BCUT2D eigenvalue weighted by Gasteiger charge is 2.13. The monoisotopic (exact) mass is 271 g/mol. The van der Waals surface area contributed by atoms with Gasteiger partial charge in [-0.3, -0.25) is 4.79 Å². The van der Waals surface area contributed by atoms with E-state index in [-0.39, 0.29) is 10.8 Å². The van der Waals surface area contributed by atoms with Crippen LogP contribution in [0.15, 0.2) is 29.2 Å². The first-order valence-corrected chi connectivity index (χ1v) is 7.08. The third kappa shape index (κ3) is 4.10. The molecule has 7 heteroatoms. The molecule has 0 aliphatic carbocycles. The summed E-state index contributed by atoms with van der Waals surface area (Å²) in [7, 11) is -3.77. The predicted molar refractivity (Wildman–Crippen MR) is 69.3 cm³/mol. The molecule has 0 saturated heterocycles. The van der Waals surface area contributed by atoms with Crippen molar-refractivity contribution < 1.29 is 13.2 Å². The molecule has 0 aromatic heterocycles. The van der Waals surface area contributed by atoms with E-state index >= 15 is 0 Å². The molecule has 1 atom stereocenters. The number of benzene rings is 1. The molecule has 0 saturated carbocycles. The maximum absolute atomic E-state index is 11.6. The normalized spacial score (nSPS) is 13.1. The van der Waals surface area contributed by atoms with Crippen molar-refractivity contribution in [3.05, 3.63) is 24.3 Å². The van der Waals surface area contributed by atoms with Crippen LogP contribution in [0.4, 0.5) is 5.69 Å². The van der Waals surface area contributed by atoms with Gasteiger partial charge in [-0.25, -0.2) is 13.6 Å². The van der Waals surface area contributed by atoms with Crippen LogP contribution in [0.25, 0.3) is 0 Å². The van der Waals surface area contributed by atoms with Gasteiger partial charge in [0.05, 0.1) is 10.9 Å². The summed E-state index contributed by atoms with van der Waals surface area (Å²) in [5.41, 5.74) is 6.00. The fourth-order valence-electron chi connectivity index (χ4n) is 1.43.